The molecule has 6 nitrogen and oxygen atoms in total. The van der Waals surface area contributed by atoms with E-state index in [0.717, 1.165) is 0 Å². The second kappa shape index (κ2) is 6.82. The molecule has 1 atom stereocenters. The minimum atomic E-state index is -0.622. The third-order valence-corrected chi connectivity index (χ3v) is 2.06. The molecule has 1 aromatic heterocycles. The maximum atomic E-state index is 11.3. The SMILES string of the molecule is COCC(O)CNc1cc(C(=O)OC)ccn1. The van der Waals surface area contributed by atoms with E-state index in [1.807, 2.05) is 0 Å². The molecule has 1 rings (SSSR count). The fraction of sp³-hybridized carbons (Fsp3) is 0.455. The van der Waals surface area contributed by atoms with Crippen LogP contribution in [0.4, 0.5) is 5.82 Å². The third-order valence-electron chi connectivity index (χ3n) is 2.06. The molecule has 94 valence electrons. The fourth-order valence-corrected chi connectivity index (χ4v) is 1.25. The molecule has 17 heavy (non-hydrogen) atoms. The molecule has 0 spiro atoms. The van der Waals surface area contributed by atoms with Gasteiger partial charge in [0.05, 0.1) is 25.4 Å². The van der Waals surface area contributed by atoms with E-state index in [1.54, 1.807) is 12.1 Å². The van der Waals surface area contributed by atoms with Crippen LogP contribution in [0.15, 0.2) is 18.3 Å². The predicted molar refractivity (Wildman–Crippen MR) is 61.9 cm³/mol. The zero-order chi connectivity index (χ0) is 12.7. The third kappa shape index (κ3) is 4.38. The number of hydrogen-bond acceptors (Lipinski definition) is 6. The van der Waals surface area contributed by atoms with Crippen molar-refractivity contribution in [2.75, 3.05) is 32.7 Å². The molecule has 0 saturated heterocycles. The second-order valence-corrected chi connectivity index (χ2v) is 3.41. The number of pyridine rings is 1. The second-order valence-electron chi connectivity index (χ2n) is 3.41. The number of hydrogen-bond donors (Lipinski definition) is 2. The van der Waals surface area contributed by atoms with Gasteiger partial charge in [-0.15, -0.1) is 0 Å². The number of methoxy groups -OCH3 is 2. The molecule has 0 aliphatic heterocycles. The maximum Gasteiger partial charge on any atom is 0.338 e. The van der Waals surface area contributed by atoms with Crippen LogP contribution in [0.5, 0.6) is 0 Å². The number of anilines is 1. The number of esters is 1. The van der Waals surface area contributed by atoms with Crippen molar-refractivity contribution in [3.8, 4) is 0 Å². The van der Waals surface area contributed by atoms with Gasteiger partial charge in [0.1, 0.15) is 5.82 Å². The Labute approximate surface area is 99.6 Å². The number of rotatable bonds is 6. The molecule has 0 aliphatic carbocycles. The number of aliphatic hydroxyl groups excluding tert-OH is 1. The number of aromatic nitrogens is 1. The first-order valence-corrected chi connectivity index (χ1v) is 5.12. The molecular weight excluding hydrogens is 224 g/mol. The lowest BCUT2D eigenvalue weighted by molar-refractivity contribution is 0.0600. The van der Waals surface area contributed by atoms with Gasteiger partial charge in [0.2, 0.25) is 0 Å². The summed E-state index contributed by atoms with van der Waals surface area (Å²) in [7, 11) is 2.83. The zero-order valence-electron chi connectivity index (χ0n) is 9.84. The molecule has 1 unspecified atom stereocenters. The van der Waals surface area contributed by atoms with E-state index in [-0.39, 0.29) is 6.61 Å². The summed E-state index contributed by atoms with van der Waals surface area (Å²) in [6.07, 6.45) is 0.876. The molecule has 6 heteroatoms. The van der Waals surface area contributed by atoms with Gasteiger partial charge in [-0.25, -0.2) is 9.78 Å². The van der Waals surface area contributed by atoms with Crippen LogP contribution in [-0.2, 0) is 9.47 Å². The quantitative estimate of drug-likeness (QED) is 0.695. The molecule has 0 aliphatic rings. The van der Waals surface area contributed by atoms with Gasteiger partial charge in [0.15, 0.2) is 0 Å². The van der Waals surface area contributed by atoms with E-state index in [0.29, 0.717) is 17.9 Å². The summed E-state index contributed by atoms with van der Waals surface area (Å²) in [4.78, 5) is 15.3. The van der Waals surface area contributed by atoms with Gasteiger partial charge in [0.25, 0.3) is 0 Å². The first-order valence-electron chi connectivity index (χ1n) is 5.12. The van der Waals surface area contributed by atoms with Crippen LogP contribution in [0.2, 0.25) is 0 Å². The lowest BCUT2D eigenvalue weighted by Crippen LogP contribution is -2.24. The van der Waals surface area contributed by atoms with Crippen LogP contribution in [0.25, 0.3) is 0 Å². The standard InChI is InChI=1S/C11H16N2O4/c1-16-7-9(14)6-13-10-5-8(3-4-12-10)11(15)17-2/h3-5,9,14H,6-7H2,1-2H3,(H,12,13). The van der Waals surface area contributed by atoms with Crippen LogP contribution in [0.1, 0.15) is 10.4 Å². The number of nitrogens with one attached hydrogen (secondary N) is 1. The van der Waals surface area contributed by atoms with Crippen molar-refractivity contribution in [1.29, 1.82) is 0 Å². The van der Waals surface area contributed by atoms with E-state index in [1.165, 1.54) is 20.4 Å². The lowest BCUT2D eigenvalue weighted by Gasteiger charge is -2.11. The minimum Gasteiger partial charge on any atom is -0.465 e. The highest BCUT2D eigenvalue weighted by atomic mass is 16.5. The molecule has 0 aromatic carbocycles. The van der Waals surface area contributed by atoms with Crippen LogP contribution < -0.4 is 5.32 Å². The Balaban J connectivity index is 2.57. The number of nitrogens with zero attached hydrogens (tertiary/aromatic N) is 1. The van der Waals surface area contributed by atoms with Crippen LogP contribution in [0.3, 0.4) is 0 Å². The molecular formula is C11H16N2O4. The molecule has 1 aromatic rings. The average Bonchev–Trinajstić information content (AvgIpc) is 2.36. The summed E-state index contributed by atoms with van der Waals surface area (Å²) in [6.45, 7) is 0.537. The van der Waals surface area contributed by atoms with Gasteiger partial charge in [-0.3, -0.25) is 0 Å². The van der Waals surface area contributed by atoms with Crippen molar-refractivity contribution in [3.63, 3.8) is 0 Å². The van der Waals surface area contributed by atoms with Crippen molar-refractivity contribution in [1.82, 2.24) is 4.98 Å². The van der Waals surface area contributed by atoms with E-state index in [4.69, 9.17) is 4.74 Å². The topological polar surface area (TPSA) is 80.7 Å². The molecule has 0 bridgehead atoms. The number of aliphatic hydroxyl groups is 1. The van der Waals surface area contributed by atoms with Crippen molar-refractivity contribution >= 4 is 11.8 Å². The van der Waals surface area contributed by atoms with Crippen LogP contribution in [-0.4, -0.2) is 49.5 Å². The van der Waals surface area contributed by atoms with E-state index >= 15 is 0 Å². The Morgan fingerprint density at radius 3 is 3.00 bits per heavy atom. The van der Waals surface area contributed by atoms with E-state index < -0.39 is 12.1 Å². The number of carbonyl (C=O) groups excluding carboxylic acids is 1. The Bertz CT molecular complexity index is 370. The number of ether oxygens (including phenoxy) is 2. The first kappa shape index (κ1) is 13.4. The molecule has 0 saturated carbocycles. The summed E-state index contributed by atoms with van der Waals surface area (Å²) in [5.74, 6) is 0.0796. The maximum absolute atomic E-state index is 11.3. The predicted octanol–water partition coefficient (Wildman–Crippen LogP) is 0.287. The Morgan fingerprint density at radius 1 is 1.59 bits per heavy atom. The highest BCUT2D eigenvalue weighted by molar-refractivity contribution is 5.89. The Morgan fingerprint density at radius 2 is 2.35 bits per heavy atom. The fourth-order valence-electron chi connectivity index (χ4n) is 1.25. The molecule has 1 heterocycles. The van der Waals surface area contributed by atoms with Crippen LogP contribution in [0, 0.1) is 0 Å². The first-order chi connectivity index (χ1) is 8.17. The van der Waals surface area contributed by atoms with E-state index in [2.05, 4.69) is 15.0 Å². The van der Waals surface area contributed by atoms with Gasteiger partial charge in [0, 0.05) is 19.9 Å². The van der Waals surface area contributed by atoms with E-state index in [9.17, 15) is 9.90 Å². The molecule has 2 N–H and O–H groups in total. The highest BCUT2D eigenvalue weighted by Crippen LogP contribution is 2.07. The normalized spacial score (nSPS) is 11.9. The van der Waals surface area contributed by atoms with Crippen LogP contribution >= 0.6 is 0 Å². The smallest absolute Gasteiger partial charge is 0.338 e. The summed E-state index contributed by atoms with van der Waals surface area (Å²) in [5, 5.41) is 12.3. The zero-order valence-corrected chi connectivity index (χ0v) is 9.84. The summed E-state index contributed by atoms with van der Waals surface area (Å²) < 4.78 is 9.38. The van der Waals surface area contributed by atoms with Crippen molar-refractivity contribution in [2.45, 2.75) is 6.10 Å². The summed E-state index contributed by atoms with van der Waals surface area (Å²) in [5.41, 5.74) is 0.409. The van der Waals surface area contributed by atoms with Gasteiger partial charge in [-0.05, 0) is 12.1 Å². The van der Waals surface area contributed by atoms with Crippen molar-refractivity contribution < 1.29 is 19.4 Å². The Kier molecular flexibility index (Phi) is 5.38. The Hall–Kier alpha value is -1.66. The molecule has 0 fully saturated rings. The van der Waals surface area contributed by atoms with Crippen molar-refractivity contribution in [2.24, 2.45) is 0 Å². The monoisotopic (exact) mass is 240 g/mol. The van der Waals surface area contributed by atoms with Gasteiger partial charge >= 0.3 is 5.97 Å². The van der Waals surface area contributed by atoms with Gasteiger partial charge in [-0.1, -0.05) is 0 Å². The average molecular weight is 240 g/mol. The summed E-state index contributed by atoms with van der Waals surface area (Å²) >= 11 is 0. The summed E-state index contributed by atoms with van der Waals surface area (Å²) in [6, 6.07) is 3.12. The lowest BCUT2D eigenvalue weighted by atomic mass is 10.2. The largest absolute Gasteiger partial charge is 0.465 e. The van der Waals surface area contributed by atoms with Gasteiger partial charge in [-0.2, -0.15) is 0 Å². The van der Waals surface area contributed by atoms with Crippen molar-refractivity contribution in [3.05, 3.63) is 23.9 Å². The molecule has 0 amide bonds. The van der Waals surface area contributed by atoms with Gasteiger partial charge < -0.3 is 19.9 Å². The highest BCUT2D eigenvalue weighted by Gasteiger charge is 2.07. The minimum absolute atomic E-state index is 0.240. The molecule has 0 radical (unpaired) electrons. The number of carbonyl (C=O) groups is 1.